The molecule has 0 aliphatic heterocycles. The number of rotatable bonds is 5. The number of hydrogen-bond donors (Lipinski definition) is 0. The fourth-order valence-corrected chi connectivity index (χ4v) is 4.87. The summed E-state index contributed by atoms with van der Waals surface area (Å²) in [5.74, 6) is -0.869. The molecule has 0 saturated heterocycles. The summed E-state index contributed by atoms with van der Waals surface area (Å²) < 4.78 is 25.2. The first-order valence-electron chi connectivity index (χ1n) is 9.15. The average Bonchev–Trinajstić information content (AvgIpc) is 2.76. The molecule has 0 fully saturated rings. The van der Waals surface area contributed by atoms with Crippen molar-refractivity contribution >= 4 is 33.0 Å². The Balaban J connectivity index is 1.58. The van der Waals surface area contributed by atoms with Crippen molar-refractivity contribution in [3.8, 4) is 0 Å². The summed E-state index contributed by atoms with van der Waals surface area (Å²) in [6, 6.07) is 17.9. The molecule has 0 saturated carbocycles. The highest BCUT2D eigenvalue weighted by Gasteiger charge is 2.30. The van der Waals surface area contributed by atoms with Gasteiger partial charge >= 0.3 is 0 Å². The van der Waals surface area contributed by atoms with Gasteiger partial charge in [0.15, 0.2) is 15.6 Å². The average molecular weight is 438 g/mol. The van der Waals surface area contributed by atoms with Gasteiger partial charge in [0.25, 0.3) is 0 Å². The molecular formula is C23H16ClNO4S. The molecule has 1 heterocycles. The van der Waals surface area contributed by atoms with E-state index in [1.165, 1.54) is 12.1 Å². The van der Waals surface area contributed by atoms with E-state index in [0.29, 0.717) is 22.4 Å². The van der Waals surface area contributed by atoms with Crippen LogP contribution in [0.3, 0.4) is 0 Å². The summed E-state index contributed by atoms with van der Waals surface area (Å²) in [5.41, 5.74) is 1.98. The van der Waals surface area contributed by atoms with Gasteiger partial charge in [0, 0.05) is 29.3 Å². The predicted molar refractivity (Wildman–Crippen MR) is 113 cm³/mol. The zero-order chi connectivity index (χ0) is 21.3. The molecule has 1 aromatic heterocycles. The number of ketones is 2. The molecule has 1 aliphatic rings. The maximum atomic E-state index is 12.8. The van der Waals surface area contributed by atoms with Crippen molar-refractivity contribution in [1.82, 2.24) is 4.98 Å². The van der Waals surface area contributed by atoms with Crippen molar-refractivity contribution in [1.29, 1.82) is 0 Å². The molecule has 3 aromatic rings. The van der Waals surface area contributed by atoms with Crippen molar-refractivity contribution < 1.29 is 18.0 Å². The fraction of sp³-hybridized carbons (Fsp3) is 0.0870. The Morgan fingerprint density at radius 2 is 1.43 bits per heavy atom. The molecular weight excluding hydrogens is 422 g/mol. The quantitative estimate of drug-likeness (QED) is 0.598. The van der Waals surface area contributed by atoms with Crippen molar-refractivity contribution in [3.05, 3.63) is 106 Å². The van der Waals surface area contributed by atoms with Crippen molar-refractivity contribution in [2.24, 2.45) is 0 Å². The SMILES string of the molecule is O=C1C(Cl)=C(Cc2ccc(S(=O)(=O)Cc3ccccn3)cc2)C(=O)c2ccccc21. The van der Waals surface area contributed by atoms with Crippen molar-refractivity contribution in [2.75, 3.05) is 0 Å². The lowest BCUT2D eigenvalue weighted by Gasteiger charge is -2.17. The normalized spacial score (nSPS) is 14.0. The topological polar surface area (TPSA) is 81.2 Å². The molecule has 0 radical (unpaired) electrons. The van der Waals surface area contributed by atoms with Crippen molar-refractivity contribution in [3.63, 3.8) is 0 Å². The van der Waals surface area contributed by atoms with Gasteiger partial charge in [-0.2, -0.15) is 0 Å². The maximum Gasteiger partial charge on any atom is 0.205 e. The Labute approximate surface area is 179 Å². The summed E-state index contributed by atoms with van der Waals surface area (Å²) in [4.78, 5) is 29.5. The van der Waals surface area contributed by atoms with E-state index < -0.39 is 9.84 Å². The third-order valence-corrected chi connectivity index (χ3v) is 6.95. The lowest BCUT2D eigenvalue weighted by atomic mass is 9.86. The summed E-state index contributed by atoms with van der Waals surface area (Å²) >= 11 is 6.21. The van der Waals surface area contributed by atoms with Gasteiger partial charge in [-0.25, -0.2) is 8.42 Å². The molecule has 0 spiro atoms. The monoisotopic (exact) mass is 437 g/mol. The molecule has 0 N–H and O–H groups in total. The number of pyridine rings is 1. The molecule has 4 rings (SSSR count). The van der Waals surface area contributed by atoms with E-state index in [1.54, 1.807) is 60.8 Å². The van der Waals surface area contributed by atoms with Crippen LogP contribution < -0.4 is 0 Å². The molecule has 5 nitrogen and oxygen atoms in total. The van der Waals surface area contributed by atoms with E-state index in [9.17, 15) is 18.0 Å². The highest BCUT2D eigenvalue weighted by atomic mass is 35.5. The van der Waals surface area contributed by atoms with E-state index in [0.717, 1.165) is 0 Å². The largest absolute Gasteiger partial charge is 0.289 e. The van der Waals surface area contributed by atoms with Gasteiger partial charge in [-0.05, 0) is 29.8 Å². The number of halogens is 1. The fourth-order valence-electron chi connectivity index (χ4n) is 3.33. The van der Waals surface area contributed by atoms with Gasteiger partial charge in [0.2, 0.25) is 5.78 Å². The van der Waals surface area contributed by atoms with Crippen LogP contribution in [0.2, 0.25) is 0 Å². The summed E-state index contributed by atoms with van der Waals surface area (Å²) in [6.45, 7) is 0. The number of aromatic nitrogens is 1. The molecule has 7 heteroatoms. The second-order valence-corrected chi connectivity index (χ2v) is 9.26. The minimum absolute atomic E-state index is 0.0921. The Morgan fingerprint density at radius 1 is 0.800 bits per heavy atom. The lowest BCUT2D eigenvalue weighted by molar-refractivity contribution is 0.0979. The second-order valence-electron chi connectivity index (χ2n) is 6.90. The standard InChI is InChI=1S/C23H16ClNO4S/c24-21-20(22(26)18-6-1-2-7-19(18)23(21)27)13-15-8-10-17(11-9-15)30(28,29)14-16-5-3-4-12-25-16/h1-12H,13-14H2. The number of allylic oxidation sites excluding steroid dienone is 2. The lowest BCUT2D eigenvalue weighted by Crippen LogP contribution is -2.21. The van der Waals surface area contributed by atoms with Gasteiger partial charge in [-0.3, -0.25) is 14.6 Å². The van der Waals surface area contributed by atoms with E-state index in [1.807, 2.05) is 0 Å². The van der Waals surface area contributed by atoms with Crippen LogP contribution in [0.15, 0.2) is 88.4 Å². The van der Waals surface area contributed by atoms with Gasteiger partial charge in [0.05, 0.1) is 21.4 Å². The van der Waals surface area contributed by atoms with Crippen LogP contribution in [-0.2, 0) is 22.0 Å². The molecule has 30 heavy (non-hydrogen) atoms. The van der Waals surface area contributed by atoms with E-state index in [2.05, 4.69) is 4.98 Å². The van der Waals surface area contributed by atoms with Crippen LogP contribution in [0.4, 0.5) is 0 Å². The molecule has 0 atom stereocenters. The Kier molecular flexibility index (Phi) is 5.37. The first-order chi connectivity index (χ1) is 14.4. The van der Waals surface area contributed by atoms with Gasteiger partial charge in [-0.1, -0.05) is 54.1 Å². The highest BCUT2D eigenvalue weighted by molar-refractivity contribution is 7.90. The Morgan fingerprint density at radius 3 is 2.07 bits per heavy atom. The number of fused-ring (bicyclic) bond motifs is 1. The van der Waals surface area contributed by atoms with Gasteiger partial charge in [0.1, 0.15) is 0 Å². The van der Waals surface area contributed by atoms with Crippen LogP contribution >= 0.6 is 11.6 Å². The third-order valence-electron chi connectivity index (χ3n) is 4.88. The summed E-state index contributed by atoms with van der Waals surface area (Å²) in [5, 5.41) is -0.0921. The van der Waals surface area contributed by atoms with Crippen molar-refractivity contribution in [2.45, 2.75) is 17.1 Å². The van der Waals surface area contributed by atoms with Crippen LogP contribution in [0.1, 0.15) is 32.0 Å². The second kappa shape index (κ2) is 7.97. The third kappa shape index (κ3) is 3.84. The number of carbonyl (C=O) groups excluding carboxylic acids is 2. The predicted octanol–water partition coefficient (Wildman–Crippen LogP) is 4.17. The Hall–Kier alpha value is -3.09. The molecule has 150 valence electrons. The number of benzene rings is 2. The van der Waals surface area contributed by atoms with Crippen LogP contribution in [-0.4, -0.2) is 25.0 Å². The molecule has 2 aromatic carbocycles. The summed E-state index contributed by atoms with van der Waals surface area (Å²) in [7, 11) is -3.56. The zero-order valence-corrected chi connectivity index (χ0v) is 17.3. The highest BCUT2D eigenvalue weighted by Crippen LogP contribution is 2.30. The number of sulfone groups is 1. The number of carbonyl (C=O) groups is 2. The van der Waals surface area contributed by atoms with Crippen LogP contribution in [0.5, 0.6) is 0 Å². The first-order valence-corrected chi connectivity index (χ1v) is 11.2. The molecule has 1 aliphatic carbocycles. The first kappa shape index (κ1) is 20.2. The minimum Gasteiger partial charge on any atom is -0.289 e. The van der Waals surface area contributed by atoms with Crippen LogP contribution in [0, 0.1) is 0 Å². The molecule has 0 bridgehead atoms. The van der Waals surface area contributed by atoms with Gasteiger partial charge in [-0.15, -0.1) is 0 Å². The smallest absolute Gasteiger partial charge is 0.205 e. The minimum atomic E-state index is -3.56. The van der Waals surface area contributed by atoms with E-state index in [-0.39, 0.29) is 39.2 Å². The number of hydrogen-bond acceptors (Lipinski definition) is 5. The Bertz CT molecular complexity index is 1280. The van der Waals surface area contributed by atoms with E-state index >= 15 is 0 Å². The van der Waals surface area contributed by atoms with Gasteiger partial charge < -0.3 is 0 Å². The molecule has 0 unspecified atom stereocenters. The molecule has 0 amide bonds. The van der Waals surface area contributed by atoms with Crippen LogP contribution in [0.25, 0.3) is 0 Å². The number of nitrogens with zero attached hydrogens (tertiary/aromatic N) is 1. The summed E-state index contributed by atoms with van der Waals surface area (Å²) in [6.07, 6.45) is 1.68. The number of Topliss-reactive ketones (excluding diaryl/α,β-unsaturated/α-hetero) is 2. The maximum absolute atomic E-state index is 12.8. The zero-order valence-electron chi connectivity index (χ0n) is 15.7. The van der Waals surface area contributed by atoms with E-state index in [4.69, 9.17) is 11.6 Å².